The minimum Gasteiger partial charge on any atom is -0.380 e. The van der Waals surface area contributed by atoms with E-state index in [1.165, 1.54) is 6.07 Å². The molecule has 3 rings (SSSR count). The molecular formula is C19H18F2N2O2S. The van der Waals surface area contributed by atoms with E-state index in [1.807, 2.05) is 26.0 Å². The maximum Gasteiger partial charge on any atom is 0.279 e. The first-order valence-electron chi connectivity index (χ1n) is 8.22. The highest BCUT2D eigenvalue weighted by molar-refractivity contribution is 7.16. The minimum absolute atomic E-state index is 0.229. The summed E-state index contributed by atoms with van der Waals surface area (Å²) in [6.45, 7) is 4.86. The highest BCUT2D eigenvalue weighted by Gasteiger charge is 2.15. The Kier molecular flexibility index (Phi) is 5.58. The number of rotatable bonds is 5. The van der Waals surface area contributed by atoms with Crippen molar-refractivity contribution in [2.24, 2.45) is 4.99 Å². The van der Waals surface area contributed by atoms with E-state index in [4.69, 9.17) is 4.74 Å². The Balaban J connectivity index is 2.14. The van der Waals surface area contributed by atoms with Gasteiger partial charge in [0.05, 0.1) is 16.8 Å². The van der Waals surface area contributed by atoms with E-state index in [0.717, 1.165) is 23.0 Å². The molecule has 1 heterocycles. The number of halogens is 2. The zero-order valence-electron chi connectivity index (χ0n) is 14.5. The van der Waals surface area contributed by atoms with Crippen LogP contribution in [0.5, 0.6) is 0 Å². The molecule has 7 heteroatoms. The smallest absolute Gasteiger partial charge is 0.279 e. The van der Waals surface area contributed by atoms with Gasteiger partial charge >= 0.3 is 0 Å². The van der Waals surface area contributed by atoms with Crippen molar-refractivity contribution in [2.75, 3.05) is 13.2 Å². The molecule has 4 nitrogen and oxygen atoms in total. The van der Waals surface area contributed by atoms with Crippen LogP contribution in [0.3, 0.4) is 0 Å². The van der Waals surface area contributed by atoms with Crippen LogP contribution in [0.15, 0.2) is 41.4 Å². The average molecular weight is 376 g/mol. The molecule has 3 aromatic rings. The minimum atomic E-state index is -0.683. The third-order valence-electron chi connectivity index (χ3n) is 3.93. The van der Waals surface area contributed by atoms with E-state index in [0.29, 0.717) is 34.8 Å². The zero-order valence-corrected chi connectivity index (χ0v) is 15.3. The summed E-state index contributed by atoms with van der Waals surface area (Å²) < 4.78 is 35.2. The van der Waals surface area contributed by atoms with Crippen LogP contribution in [-0.4, -0.2) is 23.7 Å². The number of hydrogen-bond acceptors (Lipinski definition) is 3. The molecule has 0 unspecified atom stereocenters. The molecular weight excluding hydrogens is 358 g/mol. The zero-order chi connectivity index (χ0) is 18.7. The first-order valence-corrected chi connectivity index (χ1v) is 9.03. The van der Waals surface area contributed by atoms with E-state index in [1.54, 1.807) is 16.7 Å². The number of ether oxygens (including phenoxy) is 1. The lowest BCUT2D eigenvalue weighted by molar-refractivity contribution is 0.0996. The number of hydrogen-bond donors (Lipinski definition) is 0. The highest BCUT2D eigenvalue weighted by atomic mass is 32.1. The third-order valence-corrected chi connectivity index (χ3v) is 4.96. The number of benzene rings is 2. The second kappa shape index (κ2) is 7.88. The average Bonchev–Trinajstić information content (AvgIpc) is 2.92. The van der Waals surface area contributed by atoms with Gasteiger partial charge in [-0.2, -0.15) is 4.99 Å². The predicted molar refractivity (Wildman–Crippen MR) is 97.3 cm³/mol. The molecule has 26 heavy (non-hydrogen) atoms. The molecule has 0 aliphatic rings. The van der Waals surface area contributed by atoms with Crippen molar-refractivity contribution in [3.05, 3.63) is 64.0 Å². The molecule has 1 aromatic heterocycles. The van der Waals surface area contributed by atoms with Crippen molar-refractivity contribution in [1.82, 2.24) is 4.57 Å². The monoisotopic (exact) mass is 376 g/mol. The molecule has 0 saturated carbocycles. The van der Waals surface area contributed by atoms with Gasteiger partial charge in [0.25, 0.3) is 5.91 Å². The van der Waals surface area contributed by atoms with Gasteiger partial charge in [-0.25, -0.2) is 8.78 Å². The van der Waals surface area contributed by atoms with Crippen LogP contribution >= 0.6 is 11.3 Å². The van der Waals surface area contributed by atoms with Gasteiger partial charge in [0, 0.05) is 24.8 Å². The van der Waals surface area contributed by atoms with Gasteiger partial charge in [0.15, 0.2) is 10.6 Å². The number of thiazole rings is 1. The Morgan fingerprint density at radius 3 is 2.77 bits per heavy atom. The fraction of sp³-hybridized carbons (Fsp3) is 0.263. The van der Waals surface area contributed by atoms with Gasteiger partial charge in [-0.15, -0.1) is 0 Å². The fourth-order valence-corrected chi connectivity index (χ4v) is 3.78. The Morgan fingerprint density at radius 1 is 1.27 bits per heavy atom. The van der Waals surface area contributed by atoms with Crippen molar-refractivity contribution in [2.45, 2.75) is 20.4 Å². The molecule has 0 N–H and O–H groups in total. The van der Waals surface area contributed by atoms with Gasteiger partial charge in [-0.1, -0.05) is 29.5 Å². The van der Waals surface area contributed by atoms with E-state index >= 15 is 0 Å². The van der Waals surface area contributed by atoms with E-state index in [9.17, 15) is 13.6 Å². The molecule has 0 aliphatic carbocycles. The summed E-state index contributed by atoms with van der Waals surface area (Å²) in [6, 6.07) is 9.20. The van der Waals surface area contributed by atoms with Gasteiger partial charge in [-0.3, -0.25) is 4.79 Å². The van der Waals surface area contributed by atoms with Gasteiger partial charge in [0.1, 0.15) is 5.82 Å². The standard InChI is InChI=1S/C19H18F2N2O2S/c1-3-25-9-8-23-17-15(21)10-13(20)11-16(17)26-19(23)22-18(24)14-7-5-4-6-12(14)2/h4-7,10-11H,3,8-9H2,1-2H3. The Morgan fingerprint density at radius 2 is 2.04 bits per heavy atom. The van der Waals surface area contributed by atoms with Crippen LogP contribution < -0.4 is 4.80 Å². The van der Waals surface area contributed by atoms with Crippen LogP contribution in [0, 0.1) is 18.6 Å². The fourth-order valence-electron chi connectivity index (χ4n) is 2.68. The molecule has 0 atom stereocenters. The van der Waals surface area contributed by atoms with Crippen molar-refractivity contribution >= 4 is 27.5 Å². The van der Waals surface area contributed by atoms with Crippen LogP contribution in [0.1, 0.15) is 22.8 Å². The predicted octanol–water partition coefficient (Wildman–Crippen LogP) is 4.07. The van der Waals surface area contributed by atoms with E-state index in [-0.39, 0.29) is 5.52 Å². The maximum atomic E-state index is 14.3. The maximum absolute atomic E-state index is 14.3. The molecule has 0 saturated heterocycles. The lowest BCUT2D eigenvalue weighted by atomic mass is 10.1. The summed E-state index contributed by atoms with van der Waals surface area (Å²) >= 11 is 1.08. The molecule has 0 spiro atoms. The van der Waals surface area contributed by atoms with Crippen molar-refractivity contribution < 1.29 is 18.3 Å². The topological polar surface area (TPSA) is 43.6 Å². The molecule has 2 aromatic carbocycles. The van der Waals surface area contributed by atoms with Crippen LogP contribution in [-0.2, 0) is 11.3 Å². The van der Waals surface area contributed by atoms with Gasteiger partial charge in [0.2, 0.25) is 0 Å². The number of amides is 1. The molecule has 136 valence electrons. The largest absolute Gasteiger partial charge is 0.380 e. The lowest BCUT2D eigenvalue weighted by Gasteiger charge is -2.06. The molecule has 0 radical (unpaired) electrons. The normalized spacial score (nSPS) is 12.1. The van der Waals surface area contributed by atoms with Crippen LogP contribution in [0.25, 0.3) is 10.2 Å². The molecule has 0 bridgehead atoms. The number of carbonyl (C=O) groups is 1. The summed E-state index contributed by atoms with van der Waals surface area (Å²) in [5, 5.41) is 0. The summed E-state index contributed by atoms with van der Waals surface area (Å²) in [5.41, 5.74) is 1.51. The van der Waals surface area contributed by atoms with Crippen LogP contribution in [0.2, 0.25) is 0 Å². The Hall–Kier alpha value is -2.38. The lowest BCUT2D eigenvalue weighted by Crippen LogP contribution is -2.20. The van der Waals surface area contributed by atoms with Gasteiger partial charge in [-0.05, 0) is 31.5 Å². The first kappa shape index (κ1) is 18.4. The Bertz CT molecular complexity index is 1020. The number of aromatic nitrogens is 1. The summed E-state index contributed by atoms with van der Waals surface area (Å²) in [6.07, 6.45) is 0. The number of fused-ring (bicyclic) bond motifs is 1. The van der Waals surface area contributed by atoms with Crippen LogP contribution in [0.4, 0.5) is 8.78 Å². The van der Waals surface area contributed by atoms with E-state index in [2.05, 4.69) is 4.99 Å². The number of carbonyl (C=O) groups excluding carboxylic acids is 1. The first-order chi connectivity index (χ1) is 12.5. The highest BCUT2D eigenvalue weighted by Crippen LogP contribution is 2.22. The number of nitrogens with zero attached hydrogens (tertiary/aromatic N) is 2. The van der Waals surface area contributed by atoms with Crippen molar-refractivity contribution in [1.29, 1.82) is 0 Å². The molecule has 0 fully saturated rings. The second-order valence-corrected chi connectivity index (χ2v) is 6.71. The third kappa shape index (κ3) is 3.73. The second-order valence-electron chi connectivity index (χ2n) is 5.70. The SMILES string of the molecule is CCOCCn1c(=NC(=O)c2ccccc2C)sc2cc(F)cc(F)c21. The molecule has 0 aliphatic heterocycles. The van der Waals surface area contributed by atoms with Gasteiger partial charge < -0.3 is 9.30 Å². The summed E-state index contributed by atoms with van der Waals surface area (Å²) in [7, 11) is 0. The summed E-state index contributed by atoms with van der Waals surface area (Å²) in [5.74, 6) is -1.76. The van der Waals surface area contributed by atoms with Crippen molar-refractivity contribution in [3.63, 3.8) is 0 Å². The Labute approximate surface area is 153 Å². The van der Waals surface area contributed by atoms with Crippen molar-refractivity contribution in [3.8, 4) is 0 Å². The van der Waals surface area contributed by atoms with E-state index < -0.39 is 17.5 Å². The quantitative estimate of drug-likeness (QED) is 0.630. The number of aryl methyl sites for hydroxylation is 1. The molecule has 1 amide bonds. The summed E-state index contributed by atoms with van der Waals surface area (Å²) in [4.78, 5) is 17.1.